The van der Waals surface area contributed by atoms with Gasteiger partial charge in [0.05, 0.1) is 0 Å². The van der Waals surface area contributed by atoms with Gasteiger partial charge in [0.2, 0.25) is 0 Å². The Kier molecular flexibility index (Phi) is 7.92. The molecule has 0 saturated heterocycles. The summed E-state index contributed by atoms with van der Waals surface area (Å²) in [6.07, 6.45) is 1.39. The van der Waals surface area contributed by atoms with E-state index in [-0.39, 0.29) is 12.0 Å². The first-order chi connectivity index (χ1) is 5.75. The van der Waals surface area contributed by atoms with Crippen LogP contribution in [0.15, 0.2) is 0 Å². The van der Waals surface area contributed by atoms with Crippen LogP contribution in [0.1, 0.15) is 47.5 Å². The maximum absolute atomic E-state index is 9.37. The fourth-order valence-corrected chi connectivity index (χ4v) is 0.526. The fraction of sp³-hybridized carbons (Fsp3) is 0.900. The van der Waals surface area contributed by atoms with Gasteiger partial charge in [0, 0.05) is 12.0 Å². The van der Waals surface area contributed by atoms with Crippen molar-refractivity contribution in [3.8, 4) is 0 Å². The lowest BCUT2D eigenvalue weighted by molar-refractivity contribution is -0.136. The van der Waals surface area contributed by atoms with Crippen LogP contribution in [-0.4, -0.2) is 16.6 Å². The molecule has 13 heavy (non-hydrogen) atoms. The smallest absolute Gasteiger partial charge is 0.303 e. The van der Waals surface area contributed by atoms with Gasteiger partial charge in [-0.1, -0.05) is 27.2 Å². The van der Waals surface area contributed by atoms with Gasteiger partial charge < -0.3 is 10.8 Å². The lowest BCUT2D eigenvalue weighted by Crippen LogP contribution is -2.38. The number of rotatable bonds is 3. The summed E-state index contributed by atoms with van der Waals surface area (Å²) in [5.74, 6) is -0.118. The summed E-state index contributed by atoms with van der Waals surface area (Å²) in [5, 5.41) is 7.72. The molecule has 80 valence electrons. The largest absolute Gasteiger partial charge is 0.481 e. The van der Waals surface area contributed by atoms with Gasteiger partial charge in [-0.25, -0.2) is 0 Å². The van der Waals surface area contributed by atoms with Crippen molar-refractivity contribution in [3.05, 3.63) is 0 Å². The van der Waals surface area contributed by atoms with Crippen LogP contribution in [0.4, 0.5) is 0 Å². The first-order valence-electron chi connectivity index (χ1n) is 4.76. The molecule has 0 aromatic rings. The molecule has 0 bridgehead atoms. The molecule has 3 heteroatoms. The van der Waals surface area contributed by atoms with E-state index in [1.54, 1.807) is 6.92 Å². The van der Waals surface area contributed by atoms with Gasteiger partial charge in [-0.3, -0.25) is 4.79 Å². The highest BCUT2D eigenvalue weighted by atomic mass is 16.4. The van der Waals surface area contributed by atoms with Gasteiger partial charge in [-0.15, -0.1) is 0 Å². The van der Waals surface area contributed by atoms with Crippen LogP contribution in [0.2, 0.25) is 0 Å². The second kappa shape index (κ2) is 6.89. The van der Waals surface area contributed by atoms with Crippen LogP contribution in [0, 0.1) is 5.92 Å². The van der Waals surface area contributed by atoms with Crippen LogP contribution >= 0.6 is 0 Å². The topological polar surface area (TPSA) is 63.3 Å². The molecule has 1 atom stereocenters. The molecule has 0 radical (unpaired) electrons. The van der Waals surface area contributed by atoms with Crippen molar-refractivity contribution in [1.82, 2.24) is 0 Å². The Bertz CT molecular complexity index is 138. The zero-order valence-corrected chi connectivity index (χ0v) is 9.42. The molecule has 3 N–H and O–H groups in total. The molecule has 1 unspecified atom stereocenters. The van der Waals surface area contributed by atoms with Gasteiger partial charge in [0.25, 0.3) is 0 Å². The minimum absolute atomic E-state index is 0.00868. The molecule has 0 aromatic heterocycles. The molecule has 0 aliphatic carbocycles. The molecule has 0 saturated carbocycles. The van der Waals surface area contributed by atoms with Gasteiger partial charge in [0.1, 0.15) is 0 Å². The first kappa shape index (κ1) is 14.9. The van der Waals surface area contributed by atoms with E-state index in [9.17, 15) is 4.79 Å². The van der Waals surface area contributed by atoms with Crippen molar-refractivity contribution in [2.24, 2.45) is 11.7 Å². The van der Waals surface area contributed by atoms with Gasteiger partial charge in [0.15, 0.2) is 0 Å². The third kappa shape index (κ3) is 11.4. The average molecular weight is 189 g/mol. The predicted molar refractivity (Wildman–Crippen MR) is 55.6 cm³/mol. The Morgan fingerprint density at radius 2 is 1.77 bits per heavy atom. The van der Waals surface area contributed by atoms with Crippen molar-refractivity contribution >= 4 is 5.97 Å². The van der Waals surface area contributed by atoms with E-state index in [2.05, 4.69) is 27.7 Å². The van der Waals surface area contributed by atoms with E-state index in [0.29, 0.717) is 5.92 Å². The highest BCUT2D eigenvalue weighted by molar-refractivity contribution is 5.66. The van der Waals surface area contributed by atoms with E-state index in [0.717, 1.165) is 0 Å². The van der Waals surface area contributed by atoms with Crippen LogP contribution in [0.25, 0.3) is 0 Å². The first-order valence-corrected chi connectivity index (χ1v) is 4.76. The quantitative estimate of drug-likeness (QED) is 0.715. The summed E-state index contributed by atoms with van der Waals surface area (Å²) in [6.45, 7) is 10.1. The monoisotopic (exact) mass is 189 g/mol. The van der Waals surface area contributed by atoms with Gasteiger partial charge >= 0.3 is 5.97 Å². The van der Waals surface area contributed by atoms with Crippen LogP contribution in [0.5, 0.6) is 0 Å². The number of nitrogens with two attached hydrogens (primary N) is 1. The second-order valence-corrected chi connectivity index (χ2v) is 3.88. The lowest BCUT2D eigenvalue weighted by Gasteiger charge is -2.25. The van der Waals surface area contributed by atoms with Crippen LogP contribution in [0.3, 0.4) is 0 Å². The number of aliphatic carboxylic acids is 1. The third-order valence-corrected chi connectivity index (χ3v) is 2.18. The molecule has 3 nitrogen and oxygen atoms in total. The molecule has 0 fully saturated rings. The predicted octanol–water partition coefficient (Wildman–Crippen LogP) is 2.25. The zero-order valence-electron chi connectivity index (χ0n) is 9.42. The van der Waals surface area contributed by atoms with E-state index < -0.39 is 5.97 Å². The molecule has 0 aliphatic heterocycles. The van der Waals surface area contributed by atoms with E-state index in [1.165, 1.54) is 6.42 Å². The van der Waals surface area contributed by atoms with E-state index in [4.69, 9.17) is 10.8 Å². The lowest BCUT2D eigenvalue weighted by atomic mass is 9.88. The van der Waals surface area contributed by atoms with Crippen molar-refractivity contribution in [1.29, 1.82) is 0 Å². The third-order valence-electron chi connectivity index (χ3n) is 2.18. The number of carboxylic acid groups (broad SMARTS) is 1. The SMILES string of the molecule is CCC(=O)O.CCC(C)C(C)(C)N. The van der Waals surface area contributed by atoms with Crippen molar-refractivity contribution in [2.45, 2.75) is 53.0 Å². The Balaban J connectivity index is 0. The van der Waals surface area contributed by atoms with Crippen LogP contribution < -0.4 is 5.73 Å². The molecule has 0 spiro atoms. The minimum Gasteiger partial charge on any atom is -0.481 e. The summed E-state index contributed by atoms with van der Waals surface area (Å²) in [7, 11) is 0. The molecule has 0 amide bonds. The minimum atomic E-state index is -0.745. The molecular formula is C10H23NO2. The molecule has 0 aliphatic rings. The number of hydrogen-bond donors (Lipinski definition) is 2. The zero-order chi connectivity index (χ0) is 11.1. The second-order valence-electron chi connectivity index (χ2n) is 3.88. The summed E-state index contributed by atoms with van der Waals surface area (Å²) < 4.78 is 0. The van der Waals surface area contributed by atoms with Crippen molar-refractivity contribution in [2.75, 3.05) is 0 Å². The van der Waals surface area contributed by atoms with E-state index in [1.807, 2.05) is 0 Å². The fourth-order valence-electron chi connectivity index (χ4n) is 0.526. The Morgan fingerprint density at radius 1 is 1.46 bits per heavy atom. The highest BCUT2D eigenvalue weighted by Gasteiger charge is 2.17. The summed E-state index contributed by atoms with van der Waals surface area (Å²) in [4.78, 5) is 9.37. The number of carbonyl (C=O) groups is 1. The molecular weight excluding hydrogens is 166 g/mol. The number of carboxylic acids is 1. The summed E-state index contributed by atoms with van der Waals surface area (Å²) in [5.41, 5.74) is 5.80. The maximum atomic E-state index is 9.37. The standard InChI is InChI=1S/C7H17N.C3H6O2/c1-5-6(2)7(3,4)8;1-2-3(4)5/h6H,5,8H2,1-4H3;2H2,1H3,(H,4,5). The molecule has 0 aromatic carbocycles. The van der Waals surface area contributed by atoms with Crippen molar-refractivity contribution < 1.29 is 9.90 Å². The highest BCUT2D eigenvalue weighted by Crippen LogP contribution is 2.14. The Morgan fingerprint density at radius 3 is 1.77 bits per heavy atom. The number of hydrogen-bond acceptors (Lipinski definition) is 2. The maximum Gasteiger partial charge on any atom is 0.303 e. The Hall–Kier alpha value is -0.570. The van der Waals surface area contributed by atoms with Gasteiger partial charge in [-0.2, -0.15) is 0 Å². The average Bonchev–Trinajstić information content (AvgIpc) is 2.02. The van der Waals surface area contributed by atoms with Crippen molar-refractivity contribution in [3.63, 3.8) is 0 Å². The summed E-state index contributed by atoms with van der Waals surface area (Å²) >= 11 is 0. The molecule has 0 rings (SSSR count). The summed E-state index contributed by atoms with van der Waals surface area (Å²) in [6, 6.07) is 0. The van der Waals surface area contributed by atoms with Gasteiger partial charge in [-0.05, 0) is 19.8 Å². The normalized spacial score (nSPS) is 12.8. The van der Waals surface area contributed by atoms with Crippen LogP contribution in [-0.2, 0) is 4.79 Å². The van der Waals surface area contributed by atoms with E-state index >= 15 is 0 Å². The Labute approximate surface area is 81.3 Å². The molecule has 0 heterocycles.